The standard InChI is InChI=1S/C28H40IN3O9/c1-38-24-14-18(17-34)13-20(29)26(24)41-23-16-19(27(36)30-4-9-33)15-21(25(23)35)32(28(37)22-3-2-10-40-22)6-5-31-7-11-39-12-8-31/h13-14,16,21-23,25,33-35H,2-12,15,17H2,1H3,(H,30,36). The van der Waals surface area contributed by atoms with Crippen LogP contribution in [0, 0.1) is 3.57 Å². The van der Waals surface area contributed by atoms with Gasteiger partial charge in [0.15, 0.2) is 11.5 Å². The lowest BCUT2D eigenvalue weighted by molar-refractivity contribution is -0.148. The zero-order chi connectivity index (χ0) is 29.4. The Balaban J connectivity index is 1.66. The molecule has 1 aliphatic carbocycles. The number of amides is 2. The van der Waals surface area contributed by atoms with Gasteiger partial charge in [-0.05, 0) is 59.2 Å². The van der Waals surface area contributed by atoms with Crippen LogP contribution in [-0.2, 0) is 25.7 Å². The van der Waals surface area contributed by atoms with Gasteiger partial charge in [0.1, 0.15) is 18.3 Å². The highest BCUT2D eigenvalue weighted by molar-refractivity contribution is 14.1. The molecule has 1 aromatic carbocycles. The molecule has 0 spiro atoms. The first kappa shape index (κ1) is 31.9. The molecule has 2 heterocycles. The van der Waals surface area contributed by atoms with Crippen molar-refractivity contribution in [2.75, 3.05) is 66.3 Å². The Kier molecular flexibility index (Phi) is 12.0. The van der Waals surface area contributed by atoms with Crippen molar-refractivity contribution < 1.29 is 43.9 Å². The Hall–Kier alpha value is -2.01. The number of ether oxygens (including phenoxy) is 4. The van der Waals surface area contributed by atoms with Crippen LogP contribution in [-0.4, -0.2) is 128 Å². The summed E-state index contributed by atoms with van der Waals surface area (Å²) in [7, 11) is 1.48. The minimum atomic E-state index is -1.17. The van der Waals surface area contributed by atoms with Crippen molar-refractivity contribution in [3.05, 3.63) is 32.9 Å². The Morgan fingerprint density at radius 3 is 2.66 bits per heavy atom. The first-order chi connectivity index (χ1) is 19.9. The number of aliphatic hydroxyl groups excluding tert-OH is 3. The average molecular weight is 690 g/mol. The molecule has 0 aromatic heterocycles. The summed E-state index contributed by atoms with van der Waals surface area (Å²) < 4.78 is 23.7. The van der Waals surface area contributed by atoms with Gasteiger partial charge in [-0.3, -0.25) is 14.5 Å². The van der Waals surface area contributed by atoms with E-state index < -0.39 is 30.3 Å². The largest absolute Gasteiger partial charge is 0.493 e. The van der Waals surface area contributed by atoms with Gasteiger partial charge in [0.05, 0.1) is 43.1 Å². The molecule has 0 radical (unpaired) electrons. The second kappa shape index (κ2) is 15.5. The lowest BCUT2D eigenvalue weighted by Crippen LogP contribution is -2.58. The van der Waals surface area contributed by atoms with Crippen LogP contribution in [0.3, 0.4) is 0 Å². The van der Waals surface area contributed by atoms with Crippen LogP contribution in [0.4, 0.5) is 0 Å². The van der Waals surface area contributed by atoms with Crippen molar-refractivity contribution >= 4 is 34.4 Å². The number of carbonyl (C=O) groups is 2. The predicted molar refractivity (Wildman–Crippen MR) is 157 cm³/mol. The molecule has 2 fully saturated rings. The topological polar surface area (TPSA) is 150 Å². The molecule has 4 rings (SSSR count). The number of aliphatic hydroxyl groups is 3. The van der Waals surface area contributed by atoms with Crippen LogP contribution in [0.1, 0.15) is 24.8 Å². The maximum Gasteiger partial charge on any atom is 0.252 e. The fourth-order valence-electron chi connectivity index (χ4n) is 5.37. The van der Waals surface area contributed by atoms with Crippen LogP contribution < -0.4 is 14.8 Å². The average Bonchev–Trinajstić information content (AvgIpc) is 3.54. The molecule has 13 heteroatoms. The second-order valence-electron chi connectivity index (χ2n) is 10.3. The molecule has 2 saturated heterocycles. The van der Waals surface area contributed by atoms with Gasteiger partial charge in [-0.2, -0.15) is 0 Å². The molecule has 1 aromatic rings. The normalized spacial score (nSPS) is 25.0. The summed E-state index contributed by atoms with van der Waals surface area (Å²) in [5.41, 5.74) is 0.980. The number of benzene rings is 1. The van der Waals surface area contributed by atoms with E-state index in [-0.39, 0.29) is 32.1 Å². The van der Waals surface area contributed by atoms with Crippen LogP contribution in [0.25, 0.3) is 0 Å². The number of hydrogen-bond donors (Lipinski definition) is 4. The van der Waals surface area contributed by atoms with Gasteiger partial charge in [0.25, 0.3) is 5.91 Å². The van der Waals surface area contributed by atoms with Crippen molar-refractivity contribution in [3.63, 3.8) is 0 Å². The summed E-state index contributed by atoms with van der Waals surface area (Å²) in [5, 5.41) is 33.3. The quantitative estimate of drug-likeness (QED) is 0.222. The monoisotopic (exact) mass is 689 g/mol. The number of nitrogens with one attached hydrogen (secondary N) is 1. The summed E-state index contributed by atoms with van der Waals surface area (Å²) >= 11 is 2.07. The fraction of sp³-hybridized carbons (Fsp3) is 0.643. The Morgan fingerprint density at radius 1 is 1.22 bits per heavy atom. The molecule has 0 bridgehead atoms. The molecule has 4 unspecified atom stereocenters. The summed E-state index contributed by atoms with van der Waals surface area (Å²) in [6, 6.07) is 2.63. The minimum absolute atomic E-state index is 0.0683. The molecule has 2 amide bonds. The molecule has 12 nitrogen and oxygen atoms in total. The van der Waals surface area contributed by atoms with Crippen molar-refractivity contribution in [2.45, 2.75) is 50.2 Å². The number of rotatable bonds is 12. The molecule has 3 aliphatic rings. The molecule has 41 heavy (non-hydrogen) atoms. The Morgan fingerprint density at radius 2 is 2.00 bits per heavy atom. The van der Waals surface area contributed by atoms with E-state index in [1.54, 1.807) is 23.1 Å². The van der Waals surface area contributed by atoms with Crippen molar-refractivity contribution in [2.24, 2.45) is 0 Å². The van der Waals surface area contributed by atoms with E-state index in [0.717, 1.165) is 19.5 Å². The van der Waals surface area contributed by atoms with E-state index in [1.807, 2.05) is 0 Å². The van der Waals surface area contributed by atoms with E-state index in [2.05, 4.69) is 32.8 Å². The molecular formula is C28H40IN3O9. The van der Waals surface area contributed by atoms with Gasteiger partial charge >= 0.3 is 0 Å². The maximum absolute atomic E-state index is 13.8. The first-order valence-corrected chi connectivity index (χ1v) is 15.1. The number of nitrogens with zero attached hydrogens (tertiary/aromatic N) is 2. The van der Waals surface area contributed by atoms with Crippen molar-refractivity contribution in [3.8, 4) is 11.5 Å². The number of methoxy groups -OCH3 is 1. The maximum atomic E-state index is 13.8. The molecule has 0 saturated carbocycles. The lowest BCUT2D eigenvalue weighted by atomic mass is 9.87. The Labute approximate surface area is 253 Å². The first-order valence-electron chi connectivity index (χ1n) is 14.0. The van der Waals surface area contributed by atoms with Gasteiger partial charge < -0.3 is 44.5 Å². The predicted octanol–water partition coefficient (Wildman–Crippen LogP) is 0.0474. The van der Waals surface area contributed by atoms with Crippen LogP contribution in [0.2, 0.25) is 0 Å². The van der Waals surface area contributed by atoms with Gasteiger partial charge in [0, 0.05) is 51.3 Å². The van der Waals surface area contributed by atoms with Crippen LogP contribution >= 0.6 is 22.6 Å². The molecule has 228 valence electrons. The van der Waals surface area contributed by atoms with E-state index in [4.69, 9.17) is 18.9 Å². The Bertz CT molecular complexity index is 1080. The van der Waals surface area contributed by atoms with Gasteiger partial charge in [-0.25, -0.2) is 0 Å². The van der Waals surface area contributed by atoms with E-state index in [1.165, 1.54) is 7.11 Å². The lowest BCUT2D eigenvalue weighted by Gasteiger charge is -2.42. The minimum Gasteiger partial charge on any atom is -0.493 e. The molecular weight excluding hydrogens is 649 g/mol. The highest BCUT2D eigenvalue weighted by Crippen LogP contribution is 2.37. The van der Waals surface area contributed by atoms with Crippen LogP contribution in [0.15, 0.2) is 23.8 Å². The molecule has 4 N–H and O–H groups in total. The molecule has 2 aliphatic heterocycles. The highest BCUT2D eigenvalue weighted by atomic mass is 127. The third-order valence-electron chi connectivity index (χ3n) is 7.59. The van der Waals surface area contributed by atoms with Crippen molar-refractivity contribution in [1.82, 2.24) is 15.1 Å². The van der Waals surface area contributed by atoms with Gasteiger partial charge in [-0.1, -0.05) is 0 Å². The second-order valence-corrected chi connectivity index (χ2v) is 11.4. The SMILES string of the molecule is COc1cc(CO)cc(I)c1OC1C=C(C(=O)NCCO)CC(N(CCN2CCOCC2)C(=O)C2CCCO2)C1O. The smallest absolute Gasteiger partial charge is 0.252 e. The number of morpholine rings is 1. The van der Waals surface area contributed by atoms with E-state index in [0.29, 0.717) is 65.5 Å². The third-order valence-corrected chi connectivity index (χ3v) is 8.39. The highest BCUT2D eigenvalue weighted by Gasteiger charge is 2.43. The summed E-state index contributed by atoms with van der Waals surface area (Å²) in [5.74, 6) is 0.107. The van der Waals surface area contributed by atoms with E-state index >= 15 is 0 Å². The number of carbonyl (C=O) groups excluding carboxylic acids is 2. The third kappa shape index (κ3) is 8.09. The van der Waals surface area contributed by atoms with Gasteiger partial charge in [-0.15, -0.1) is 0 Å². The number of halogens is 1. The summed E-state index contributed by atoms with van der Waals surface area (Å²) in [4.78, 5) is 30.8. The van der Waals surface area contributed by atoms with Crippen molar-refractivity contribution in [1.29, 1.82) is 0 Å². The number of hydrogen-bond acceptors (Lipinski definition) is 10. The molecule has 4 atom stereocenters. The van der Waals surface area contributed by atoms with E-state index in [9.17, 15) is 24.9 Å². The summed E-state index contributed by atoms with van der Waals surface area (Å²) in [6.45, 7) is 3.83. The zero-order valence-corrected chi connectivity index (χ0v) is 25.5. The van der Waals surface area contributed by atoms with Gasteiger partial charge in [0.2, 0.25) is 5.91 Å². The summed E-state index contributed by atoms with van der Waals surface area (Å²) in [6.07, 6.45) is 0.297. The van der Waals surface area contributed by atoms with Crippen LogP contribution in [0.5, 0.6) is 11.5 Å². The zero-order valence-electron chi connectivity index (χ0n) is 23.3. The fourth-order valence-corrected chi connectivity index (χ4v) is 6.16.